The second-order valence-corrected chi connectivity index (χ2v) is 5.87. The van der Waals surface area contributed by atoms with E-state index in [1.165, 1.54) is 25.1 Å². The van der Waals surface area contributed by atoms with Crippen LogP contribution >= 0.6 is 0 Å². The van der Waals surface area contributed by atoms with Gasteiger partial charge in [0.1, 0.15) is 23.9 Å². The Morgan fingerprint density at radius 1 is 1.46 bits per heavy atom. The van der Waals surface area contributed by atoms with E-state index in [-0.39, 0.29) is 23.6 Å². The third kappa shape index (κ3) is 3.71. The molecule has 1 aromatic carbocycles. The number of hydrogen-bond donors (Lipinski definition) is 1. The van der Waals surface area contributed by atoms with Crippen molar-refractivity contribution in [2.75, 3.05) is 6.54 Å². The number of ether oxygens (including phenoxy) is 1. The van der Waals surface area contributed by atoms with Crippen molar-refractivity contribution >= 4 is 17.7 Å². The molecule has 3 rings (SSSR count). The van der Waals surface area contributed by atoms with E-state index in [0.717, 1.165) is 17.5 Å². The summed E-state index contributed by atoms with van der Waals surface area (Å²) in [6.07, 6.45) is -0.943. The summed E-state index contributed by atoms with van der Waals surface area (Å²) in [4.78, 5) is 28.8. The molecule has 0 saturated heterocycles. The number of aliphatic imine (C=N–C) groups is 1. The maximum absolute atomic E-state index is 13.8. The second-order valence-electron chi connectivity index (χ2n) is 5.87. The van der Waals surface area contributed by atoms with Gasteiger partial charge >= 0.3 is 6.09 Å². The molecular weight excluding hydrogens is 351 g/mol. The van der Waals surface area contributed by atoms with Crippen LogP contribution in [0.15, 0.2) is 35.2 Å². The van der Waals surface area contributed by atoms with Crippen LogP contribution in [0, 0.1) is 12.2 Å². The average molecular weight is 366 g/mol. The van der Waals surface area contributed by atoms with Crippen LogP contribution in [-0.4, -0.2) is 41.4 Å². The minimum Gasteiger partial charge on any atom is -0.410 e. The zero-order chi connectivity index (χ0) is 18.8. The van der Waals surface area contributed by atoms with E-state index in [9.17, 15) is 22.8 Å². The molecule has 1 N–H and O–H groups in total. The molecule has 1 aromatic rings. The summed E-state index contributed by atoms with van der Waals surface area (Å²) in [5.41, 5.74) is 0.112. The summed E-state index contributed by atoms with van der Waals surface area (Å²) in [5, 5.41) is 2.48. The van der Waals surface area contributed by atoms with Crippen LogP contribution < -0.4 is 10.1 Å². The number of nitrogens with zero attached hydrogens (tertiary/aromatic N) is 2. The molecule has 9 heteroatoms. The summed E-state index contributed by atoms with van der Waals surface area (Å²) in [7, 11) is 0. The molecule has 2 aliphatic heterocycles. The van der Waals surface area contributed by atoms with Gasteiger partial charge < -0.3 is 10.1 Å². The van der Waals surface area contributed by atoms with Crippen LogP contribution in [0.4, 0.5) is 18.0 Å². The third-order valence-corrected chi connectivity index (χ3v) is 3.96. The van der Waals surface area contributed by atoms with Gasteiger partial charge in [0.05, 0.1) is 36.5 Å². The zero-order valence-electron chi connectivity index (χ0n) is 13.7. The zero-order valence-corrected chi connectivity index (χ0v) is 13.7. The molecule has 6 nitrogen and oxygen atoms in total. The molecule has 0 aromatic heterocycles. The second kappa shape index (κ2) is 7.19. The van der Waals surface area contributed by atoms with Gasteiger partial charge in [-0.2, -0.15) is 0 Å². The van der Waals surface area contributed by atoms with Crippen LogP contribution in [-0.2, 0) is 11.3 Å². The van der Waals surface area contributed by atoms with Gasteiger partial charge in [0.15, 0.2) is 6.17 Å². The first kappa shape index (κ1) is 18.0. The van der Waals surface area contributed by atoms with Crippen molar-refractivity contribution in [3.8, 4) is 5.75 Å². The van der Waals surface area contributed by atoms with Gasteiger partial charge in [-0.15, -0.1) is 0 Å². The minimum absolute atomic E-state index is 0.0580. The predicted molar refractivity (Wildman–Crippen MR) is 86.3 cm³/mol. The van der Waals surface area contributed by atoms with Gasteiger partial charge in [0.25, 0.3) is 0 Å². The number of carbonyl (C=O) groups is 2. The molecule has 0 saturated carbocycles. The first-order valence-corrected chi connectivity index (χ1v) is 7.81. The maximum Gasteiger partial charge on any atom is 0.416 e. The third-order valence-electron chi connectivity index (χ3n) is 3.96. The molecule has 1 unspecified atom stereocenters. The highest BCUT2D eigenvalue weighted by Crippen LogP contribution is 2.27. The van der Waals surface area contributed by atoms with Crippen molar-refractivity contribution in [1.82, 2.24) is 10.2 Å². The van der Waals surface area contributed by atoms with E-state index in [2.05, 4.69) is 10.3 Å². The molecule has 1 radical (unpaired) electrons. The minimum atomic E-state index is -1.75. The van der Waals surface area contributed by atoms with Gasteiger partial charge in [0.2, 0.25) is 5.91 Å². The standard InChI is InChI=1S/C17H15F3N3O3/c1-9(16-13(20)5-10(18)6-21-16)22-15(24)8-23-7-11-12(19)3-2-4-14(11)26-17(23)25/h2-6,9,13H,7-8H2,1H3,(H,22,24)/t9-,13?/m1/s1. The number of alkyl halides is 1. The summed E-state index contributed by atoms with van der Waals surface area (Å²) in [5.74, 6) is -1.84. The van der Waals surface area contributed by atoms with Gasteiger partial charge in [0, 0.05) is 0 Å². The summed E-state index contributed by atoms with van der Waals surface area (Å²) in [6, 6.07) is 3.28. The molecule has 0 aliphatic carbocycles. The number of benzene rings is 1. The number of fused-ring (bicyclic) bond motifs is 1. The Labute approximate surface area is 147 Å². The fourth-order valence-electron chi connectivity index (χ4n) is 2.68. The SMILES string of the molecule is C[C@@H](NC(=O)CN1Cc2c(F)cccc2OC1=O)C1=NC=C(F)[CH]C1F. The van der Waals surface area contributed by atoms with Crippen molar-refractivity contribution in [2.24, 2.45) is 4.99 Å². The lowest BCUT2D eigenvalue weighted by Gasteiger charge is -2.28. The van der Waals surface area contributed by atoms with E-state index < -0.39 is 42.4 Å². The van der Waals surface area contributed by atoms with Gasteiger partial charge in [-0.3, -0.25) is 14.7 Å². The molecule has 0 fully saturated rings. The van der Waals surface area contributed by atoms with Crippen LogP contribution in [0.5, 0.6) is 5.75 Å². The predicted octanol–water partition coefficient (Wildman–Crippen LogP) is 2.45. The fraction of sp³-hybridized carbons (Fsp3) is 0.294. The van der Waals surface area contributed by atoms with E-state index in [1.807, 2.05) is 0 Å². The molecule has 26 heavy (non-hydrogen) atoms. The highest BCUT2D eigenvalue weighted by Gasteiger charge is 2.30. The molecule has 2 atom stereocenters. The van der Waals surface area contributed by atoms with Crippen LogP contribution in [0.1, 0.15) is 12.5 Å². The Morgan fingerprint density at radius 2 is 2.23 bits per heavy atom. The summed E-state index contributed by atoms with van der Waals surface area (Å²) < 4.78 is 45.5. The van der Waals surface area contributed by atoms with Crippen LogP contribution in [0.25, 0.3) is 0 Å². The smallest absolute Gasteiger partial charge is 0.410 e. The number of allylic oxidation sites excluding steroid dienone is 1. The number of amides is 2. The maximum atomic E-state index is 13.8. The molecule has 137 valence electrons. The van der Waals surface area contributed by atoms with Gasteiger partial charge in [-0.1, -0.05) is 6.07 Å². The first-order chi connectivity index (χ1) is 12.3. The van der Waals surface area contributed by atoms with Gasteiger partial charge in [-0.05, 0) is 19.1 Å². The largest absolute Gasteiger partial charge is 0.416 e. The first-order valence-electron chi connectivity index (χ1n) is 7.81. The van der Waals surface area contributed by atoms with Gasteiger partial charge in [-0.25, -0.2) is 18.0 Å². The Morgan fingerprint density at radius 3 is 2.96 bits per heavy atom. The normalized spacial score (nSPS) is 20.5. The molecule has 2 aliphatic rings. The quantitative estimate of drug-likeness (QED) is 0.890. The van der Waals surface area contributed by atoms with E-state index in [1.54, 1.807) is 0 Å². The molecular formula is C17H15F3N3O3. The molecule has 0 bridgehead atoms. The van der Waals surface area contributed by atoms with E-state index in [0.29, 0.717) is 0 Å². The van der Waals surface area contributed by atoms with Crippen molar-refractivity contribution in [3.05, 3.63) is 48.0 Å². The molecule has 2 amide bonds. The lowest BCUT2D eigenvalue weighted by Crippen LogP contribution is -2.49. The Hall–Kier alpha value is -2.84. The Kier molecular flexibility index (Phi) is 4.97. The van der Waals surface area contributed by atoms with Crippen LogP contribution in [0.3, 0.4) is 0 Å². The monoisotopic (exact) mass is 366 g/mol. The average Bonchev–Trinajstić information content (AvgIpc) is 2.56. The highest BCUT2D eigenvalue weighted by atomic mass is 19.1. The summed E-state index contributed by atoms with van der Waals surface area (Å²) >= 11 is 0. The number of halogens is 3. The Balaban J connectivity index is 1.63. The lowest BCUT2D eigenvalue weighted by molar-refractivity contribution is -0.122. The number of hydrogen-bond acceptors (Lipinski definition) is 4. The molecule has 2 heterocycles. The lowest BCUT2D eigenvalue weighted by atomic mass is 10.0. The van der Waals surface area contributed by atoms with Crippen molar-refractivity contribution in [3.63, 3.8) is 0 Å². The van der Waals surface area contributed by atoms with Crippen LogP contribution in [0.2, 0.25) is 0 Å². The highest BCUT2D eigenvalue weighted by molar-refractivity contribution is 5.98. The van der Waals surface area contributed by atoms with E-state index >= 15 is 0 Å². The number of rotatable bonds is 4. The van der Waals surface area contributed by atoms with Crippen molar-refractivity contribution < 1.29 is 27.5 Å². The van der Waals surface area contributed by atoms with Crippen molar-refractivity contribution in [1.29, 1.82) is 0 Å². The Bertz CT molecular complexity index is 810. The summed E-state index contributed by atoms with van der Waals surface area (Å²) in [6.45, 7) is 0.948. The fourth-order valence-corrected chi connectivity index (χ4v) is 2.68. The molecule has 0 spiro atoms. The topological polar surface area (TPSA) is 71.0 Å². The number of carbonyl (C=O) groups excluding carboxylic acids is 2. The van der Waals surface area contributed by atoms with E-state index in [4.69, 9.17) is 4.74 Å². The van der Waals surface area contributed by atoms with Crippen molar-refractivity contribution in [2.45, 2.75) is 25.7 Å². The number of nitrogens with one attached hydrogen (secondary N) is 1.